The molecule has 1 aromatic rings. The van der Waals surface area contributed by atoms with E-state index in [9.17, 15) is 4.79 Å². The number of nitrogens with zero attached hydrogens (tertiary/aromatic N) is 1. The Kier molecular flexibility index (Phi) is 4.34. The molecule has 0 aromatic carbocycles. The molecule has 4 nitrogen and oxygen atoms in total. The Morgan fingerprint density at radius 2 is 2.53 bits per heavy atom. The predicted molar refractivity (Wildman–Crippen MR) is 67.2 cm³/mol. The second kappa shape index (κ2) is 5.98. The predicted octanol–water partition coefficient (Wildman–Crippen LogP) is 1.46. The summed E-state index contributed by atoms with van der Waals surface area (Å²) in [5.41, 5.74) is 0.376. The van der Waals surface area contributed by atoms with Gasteiger partial charge < -0.3 is 10.6 Å². The van der Waals surface area contributed by atoms with E-state index in [1.165, 1.54) is 6.42 Å². The fourth-order valence-corrected chi connectivity index (χ4v) is 2.11. The normalized spacial score (nSPS) is 19.9. The van der Waals surface area contributed by atoms with Crippen molar-refractivity contribution in [2.24, 2.45) is 5.92 Å². The highest BCUT2D eigenvalue weighted by Crippen LogP contribution is 2.10. The maximum absolute atomic E-state index is 11.8. The Bertz CT molecular complexity index is 391. The van der Waals surface area contributed by atoms with Gasteiger partial charge in [0, 0.05) is 17.8 Å². The van der Waals surface area contributed by atoms with Crippen LogP contribution < -0.4 is 10.6 Å². The van der Waals surface area contributed by atoms with Gasteiger partial charge in [0.05, 0.1) is 0 Å². The lowest BCUT2D eigenvalue weighted by molar-refractivity contribution is 0.0940. The first-order valence-electron chi connectivity index (χ1n) is 5.86. The molecule has 1 aliphatic heterocycles. The summed E-state index contributed by atoms with van der Waals surface area (Å²) in [7, 11) is 0. The number of halogens is 1. The molecule has 5 heteroatoms. The summed E-state index contributed by atoms with van der Waals surface area (Å²) < 4.78 is 0. The summed E-state index contributed by atoms with van der Waals surface area (Å²) >= 11 is 5.81. The monoisotopic (exact) mass is 253 g/mol. The second-order valence-corrected chi connectivity index (χ2v) is 4.72. The quantitative estimate of drug-likeness (QED) is 0.858. The number of pyridine rings is 1. The summed E-state index contributed by atoms with van der Waals surface area (Å²) in [6, 6.07) is 3.24. The third kappa shape index (κ3) is 3.68. The molecule has 1 aromatic heterocycles. The molecule has 0 aliphatic carbocycles. The van der Waals surface area contributed by atoms with E-state index in [-0.39, 0.29) is 5.91 Å². The zero-order valence-electron chi connectivity index (χ0n) is 9.58. The Hall–Kier alpha value is -1.13. The van der Waals surface area contributed by atoms with E-state index >= 15 is 0 Å². The molecule has 0 unspecified atom stereocenters. The summed E-state index contributed by atoms with van der Waals surface area (Å²) in [6.45, 7) is 2.75. The van der Waals surface area contributed by atoms with Gasteiger partial charge in [-0.25, -0.2) is 0 Å². The maximum Gasteiger partial charge on any atom is 0.269 e. The van der Waals surface area contributed by atoms with Crippen molar-refractivity contribution in [3.05, 3.63) is 29.0 Å². The van der Waals surface area contributed by atoms with Crippen molar-refractivity contribution in [1.82, 2.24) is 15.6 Å². The van der Waals surface area contributed by atoms with E-state index in [1.54, 1.807) is 18.3 Å². The van der Waals surface area contributed by atoms with Crippen LogP contribution in [0.5, 0.6) is 0 Å². The van der Waals surface area contributed by atoms with Crippen molar-refractivity contribution in [3.8, 4) is 0 Å². The van der Waals surface area contributed by atoms with Crippen LogP contribution in [-0.4, -0.2) is 30.5 Å². The van der Waals surface area contributed by atoms with Gasteiger partial charge in [-0.2, -0.15) is 0 Å². The third-order valence-corrected chi connectivity index (χ3v) is 3.14. The highest BCUT2D eigenvalue weighted by atomic mass is 35.5. The summed E-state index contributed by atoms with van der Waals surface area (Å²) in [5, 5.41) is 6.75. The van der Waals surface area contributed by atoms with E-state index in [2.05, 4.69) is 15.6 Å². The highest BCUT2D eigenvalue weighted by Gasteiger charge is 2.14. The minimum atomic E-state index is -0.155. The topological polar surface area (TPSA) is 54.0 Å². The molecule has 92 valence electrons. The van der Waals surface area contributed by atoms with Crippen molar-refractivity contribution in [2.45, 2.75) is 12.8 Å². The molecule has 0 radical (unpaired) electrons. The van der Waals surface area contributed by atoms with Gasteiger partial charge >= 0.3 is 0 Å². The van der Waals surface area contributed by atoms with Crippen LogP contribution >= 0.6 is 11.6 Å². The molecule has 17 heavy (non-hydrogen) atoms. The van der Waals surface area contributed by atoms with Crippen molar-refractivity contribution in [2.75, 3.05) is 19.6 Å². The van der Waals surface area contributed by atoms with E-state index in [1.807, 2.05) is 0 Å². The van der Waals surface area contributed by atoms with Gasteiger partial charge in [0.1, 0.15) is 5.69 Å². The molecule has 1 saturated heterocycles. The first kappa shape index (κ1) is 12.3. The molecule has 1 aliphatic rings. The zero-order valence-corrected chi connectivity index (χ0v) is 10.3. The SMILES string of the molecule is O=C(NC[C@H]1CCCNC1)c1cc(Cl)ccn1. The number of rotatable bonds is 3. The van der Waals surface area contributed by atoms with Gasteiger partial charge in [-0.1, -0.05) is 11.6 Å². The number of piperidine rings is 1. The molecule has 0 bridgehead atoms. The van der Waals surface area contributed by atoms with Crippen LogP contribution in [0, 0.1) is 5.92 Å². The molecular formula is C12H16ClN3O. The van der Waals surface area contributed by atoms with Crippen LogP contribution in [0.25, 0.3) is 0 Å². The first-order valence-corrected chi connectivity index (χ1v) is 6.24. The molecule has 2 rings (SSSR count). The van der Waals surface area contributed by atoms with Crippen LogP contribution in [-0.2, 0) is 0 Å². The minimum absolute atomic E-state index is 0.155. The minimum Gasteiger partial charge on any atom is -0.350 e. The molecule has 0 saturated carbocycles. The van der Waals surface area contributed by atoms with Crippen LogP contribution in [0.4, 0.5) is 0 Å². The maximum atomic E-state index is 11.8. The smallest absolute Gasteiger partial charge is 0.269 e. The van der Waals surface area contributed by atoms with Gasteiger partial charge in [0.2, 0.25) is 0 Å². The number of aromatic nitrogens is 1. The van der Waals surface area contributed by atoms with Crippen LogP contribution in [0.1, 0.15) is 23.3 Å². The third-order valence-electron chi connectivity index (χ3n) is 2.90. The molecule has 1 amide bonds. The number of carbonyl (C=O) groups is 1. The summed E-state index contributed by atoms with van der Waals surface area (Å²) in [6.07, 6.45) is 3.88. The fraction of sp³-hybridized carbons (Fsp3) is 0.500. The number of carbonyl (C=O) groups excluding carboxylic acids is 1. The molecule has 2 heterocycles. The number of nitrogens with one attached hydrogen (secondary N) is 2. The lowest BCUT2D eigenvalue weighted by atomic mass is 10.00. The van der Waals surface area contributed by atoms with Gasteiger partial charge in [-0.15, -0.1) is 0 Å². The summed E-state index contributed by atoms with van der Waals surface area (Å²) in [5.74, 6) is 0.366. The van der Waals surface area contributed by atoms with Crippen molar-refractivity contribution >= 4 is 17.5 Å². The van der Waals surface area contributed by atoms with E-state index < -0.39 is 0 Å². The van der Waals surface area contributed by atoms with Crippen LogP contribution in [0.2, 0.25) is 5.02 Å². The van der Waals surface area contributed by atoms with Crippen LogP contribution in [0.3, 0.4) is 0 Å². The average Bonchev–Trinajstić information content (AvgIpc) is 2.37. The lowest BCUT2D eigenvalue weighted by Gasteiger charge is -2.22. The van der Waals surface area contributed by atoms with Gasteiger partial charge in [0.25, 0.3) is 5.91 Å². The van der Waals surface area contributed by atoms with Crippen molar-refractivity contribution in [1.29, 1.82) is 0 Å². The van der Waals surface area contributed by atoms with E-state index in [0.717, 1.165) is 19.5 Å². The Labute approximate surface area is 106 Å². The van der Waals surface area contributed by atoms with Gasteiger partial charge in [-0.05, 0) is 44.0 Å². The van der Waals surface area contributed by atoms with E-state index in [0.29, 0.717) is 23.2 Å². The molecule has 0 spiro atoms. The molecule has 1 fully saturated rings. The standard InChI is InChI=1S/C12H16ClN3O/c13-10-3-5-15-11(6-10)12(17)16-8-9-2-1-4-14-7-9/h3,5-6,9,14H,1-2,4,7-8H2,(H,16,17)/t9-/m0/s1. The fourth-order valence-electron chi connectivity index (χ4n) is 1.95. The molecule has 2 N–H and O–H groups in total. The Balaban J connectivity index is 1.84. The molecule has 1 atom stereocenters. The van der Waals surface area contributed by atoms with Crippen LogP contribution in [0.15, 0.2) is 18.3 Å². The largest absolute Gasteiger partial charge is 0.350 e. The Morgan fingerprint density at radius 1 is 1.65 bits per heavy atom. The first-order chi connectivity index (χ1) is 8.25. The van der Waals surface area contributed by atoms with Gasteiger partial charge in [-0.3, -0.25) is 9.78 Å². The number of hydrogen-bond donors (Lipinski definition) is 2. The van der Waals surface area contributed by atoms with Crippen molar-refractivity contribution in [3.63, 3.8) is 0 Å². The second-order valence-electron chi connectivity index (χ2n) is 4.28. The lowest BCUT2D eigenvalue weighted by Crippen LogP contribution is -2.38. The van der Waals surface area contributed by atoms with Gasteiger partial charge in [0.15, 0.2) is 0 Å². The highest BCUT2D eigenvalue weighted by molar-refractivity contribution is 6.30. The average molecular weight is 254 g/mol. The molecular weight excluding hydrogens is 238 g/mol. The van der Waals surface area contributed by atoms with E-state index in [4.69, 9.17) is 11.6 Å². The zero-order chi connectivity index (χ0) is 12.1. The summed E-state index contributed by atoms with van der Waals surface area (Å²) in [4.78, 5) is 15.8. The number of hydrogen-bond acceptors (Lipinski definition) is 3. The van der Waals surface area contributed by atoms with Crippen molar-refractivity contribution < 1.29 is 4.79 Å². The Morgan fingerprint density at radius 3 is 3.24 bits per heavy atom. The number of amides is 1.